The number of Topliss-reactive ketones (excluding diaryl/α,β-unsaturated/α-hetero) is 1. The first-order chi connectivity index (χ1) is 20.4. The number of benzene rings is 3. The fourth-order valence-electron chi connectivity index (χ4n) is 5.02. The standard InChI is InChI=1S/C33H31N3O6/c1-22-6-3-4-7-26(22)20-42-27-14-12-24(13-15-27)30(37)28-29(23-8-10-25(11-9-23)33(40)41-2)36(32(39)31(28)38)18-5-17-35-19-16-34-21-35/h3-4,6-16,19,21,29,37H,5,17-18,20H2,1-2H3/b30-28+/t29-/m1/s1. The van der Waals surface area contributed by atoms with E-state index >= 15 is 0 Å². The maximum Gasteiger partial charge on any atom is 0.337 e. The molecule has 9 nitrogen and oxygen atoms in total. The normalized spacial score (nSPS) is 16.0. The number of rotatable bonds is 10. The summed E-state index contributed by atoms with van der Waals surface area (Å²) < 4.78 is 12.6. The third-order valence-corrected chi connectivity index (χ3v) is 7.35. The van der Waals surface area contributed by atoms with Crippen molar-refractivity contribution >= 4 is 23.4 Å². The lowest BCUT2D eigenvalue weighted by molar-refractivity contribution is -0.139. The van der Waals surface area contributed by atoms with Gasteiger partial charge in [-0.3, -0.25) is 9.59 Å². The molecule has 1 aliphatic rings. The Morgan fingerprint density at radius 3 is 2.33 bits per heavy atom. The Balaban J connectivity index is 1.43. The minimum absolute atomic E-state index is 0.0120. The van der Waals surface area contributed by atoms with E-state index < -0.39 is 23.7 Å². The zero-order chi connectivity index (χ0) is 29.6. The lowest BCUT2D eigenvalue weighted by Crippen LogP contribution is -2.31. The molecule has 1 amide bonds. The minimum Gasteiger partial charge on any atom is -0.507 e. The first-order valence-electron chi connectivity index (χ1n) is 13.6. The highest BCUT2D eigenvalue weighted by atomic mass is 16.5. The van der Waals surface area contributed by atoms with Crippen LogP contribution in [0.15, 0.2) is 97.1 Å². The quantitative estimate of drug-likeness (QED) is 0.124. The van der Waals surface area contributed by atoms with Crippen LogP contribution in [-0.4, -0.2) is 50.9 Å². The summed E-state index contributed by atoms with van der Waals surface area (Å²) in [4.78, 5) is 44.1. The minimum atomic E-state index is -0.837. The van der Waals surface area contributed by atoms with Gasteiger partial charge in [0, 0.05) is 31.0 Å². The second-order valence-electron chi connectivity index (χ2n) is 10.00. The number of aliphatic hydroxyl groups is 1. The first-order valence-corrected chi connectivity index (χ1v) is 13.6. The van der Waals surface area contributed by atoms with Crippen LogP contribution < -0.4 is 4.74 Å². The molecule has 214 valence electrons. The van der Waals surface area contributed by atoms with E-state index in [4.69, 9.17) is 9.47 Å². The van der Waals surface area contributed by atoms with E-state index in [2.05, 4.69) is 4.98 Å². The number of aliphatic hydroxyl groups excluding tert-OH is 1. The third-order valence-electron chi connectivity index (χ3n) is 7.35. The maximum atomic E-state index is 13.4. The van der Waals surface area contributed by atoms with E-state index in [-0.39, 0.29) is 17.9 Å². The van der Waals surface area contributed by atoms with Crippen molar-refractivity contribution in [2.45, 2.75) is 32.5 Å². The summed E-state index contributed by atoms with van der Waals surface area (Å²) in [5.74, 6) is -1.64. The average molecular weight is 566 g/mol. The van der Waals surface area contributed by atoms with E-state index in [0.717, 1.165) is 11.1 Å². The second kappa shape index (κ2) is 12.6. The Bertz CT molecular complexity index is 1610. The number of esters is 1. The molecule has 1 fully saturated rings. The molecule has 0 bridgehead atoms. The zero-order valence-electron chi connectivity index (χ0n) is 23.4. The van der Waals surface area contributed by atoms with Crippen LogP contribution in [0.3, 0.4) is 0 Å². The van der Waals surface area contributed by atoms with Gasteiger partial charge in [-0.15, -0.1) is 0 Å². The largest absolute Gasteiger partial charge is 0.507 e. The summed E-state index contributed by atoms with van der Waals surface area (Å²) in [7, 11) is 1.30. The molecular weight excluding hydrogens is 534 g/mol. The molecule has 4 aromatic rings. The number of methoxy groups -OCH3 is 1. The molecule has 9 heteroatoms. The summed E-state index contributed by atoms with van der Waals surface area (Å²) in [6.45, 7) is 3.28. The fourth-order valence-corrected chi connectivity index (χ4v) is 5.02. The Hall–Kier alpha value is -5.18. The smallest absolute Gasteiger partial charge is 0.337 e. The lowest BCUT2D eigenvalue weighted by atomic mass is 9.94. The number of carbonyl (C=O) groups excluding carboxylic acids is 3. The zero-order valence-corrected chi connectivity index (χ0v) is 23.4. The topological polar surface area (TPSA) is 111 Å². The highest BCUT2D eigenvalue weighted by Crippen LogP contribution is 2.39. The Morgan fingerprint density at radius 1 is 0.952 bits per heavy atom. The number of aryl methyl sites for hydroxylation is 2. The summed E-state index contributed by atoms with van der Waals surface area (Å²) >= 11 is 0. The predicted octanol–water partition coefficient (Wildman–Crippen LogP) is 5.07. The lowest BCUT2D eigenvalue weighted by Gasteiger charge is -2.25. The Morgan fingerprint density at radius 2 is 1.67 bits per heavy atom. The molecule has 0 saturated carbocycles. The molecule has 1 atom stereocenters. The average Bonchev–Trinajstić information content (AvgIpc) is 3.63. The number of imidazole rings is 1. The fraction of sp³-hybridized carbons (Fsp3) is 0.212. The molecular formula is C33H31N3O6. The molecule has 1 aromatic heterocycles. The van der Waals surface area contributed by atoms with Crippen molar-refractivity contribution in [3.63, 3.8) is 0 Å². The molecule has 2 heterocycles. The van der Waals surface area contributed by atoms with Gasteiger partial charge in [-0.05, 0) is 66.4 Å². The SMILES string of the molecule is COC(=O)c1ccc([C@@H]2/C(=C(\O)c3ccc(OCc4ccccc4C)cc3)C(=O)C(=O)N2CCCn2ccnc2)cc1. The highest BCUT2D eigenvalue weighted by Gasteiger charge is 2.45. The van der Waals surface area contributed by atoms with E-state index in [1.807, 2.05) is 42.0 Å². The van der Waals surface area contributed by atoms with E-state index in [9.17, 15) is 19.5 Å². The second-order valence-corrected chi connectivity index (χ2v) is 10.00. The van der Waals surface area contributed by atoms with E-state index in [1.165, 1.54) is 12.0 Å². The monoisotopic (exact) mass is 565 g/mol. The van der Waals surface area contributed by atoms with Crippen LogP contribution >= 0.6 is 0 Å². The predicted molar refractivity (Wildman–Crippen MR) is 156 cm³/mol. The van der Waals surface area contributed by atoms with Crippen molar-refractivity contribution in [3.8, 4) is 5.75 Å². The number of aromatic nitrogens is 2. The summed E-state index contributed by atoms with van der Waals surface area (Å²) in [5.41, 5.74) is 3.48. The van der Waals surface area contributed by atoms with Gasteiger partial charge in [-0.2, -0.15) is 0 Å². The third kappa shape index (κ3) is 5.95. The molecule has 5 rings (SSSR count). The maximum absolute atomic E-state index is 13.4. The van der Waals surface area contributed by atoms with Gasteiger partial charge in [0.05, 0.1) is 30.6 Å². The molecule has 0 unspecified atom stereocenters. The molecule has 3 aromatic carbocycles. The van der Waals surface area contributed by atoms with Crippen LogP contribution in [0, 0.1) is 6.92 Å². The van der Waals surface area contributed by atoms with Crippen molar-refractivity contribution in [2.24, 2.45) is 0 Å². The van der Waals surface area contributed by atoms with Gasteiger partial charge in [0.1, 0.15) is 18.1 Å². The number of hydrogen-bond donors (Lipinski definition) is 1. The molecule has 0 aliphatic carbocycles. The van der Waals surface area contributed by atoms with Gasteiger partial charge in [0.15, 0.2) is 0 Å². The number of ether oxygens (including phenoxy) is 2. The summed E-state index contributed by atoms with van der Waals surface area (Å²) in [5, 5.41) is 11.4. The molecule has 1 N–H and O–H groups in total. The van der Waals surface area contributed by atoms with Gasteiger partial charge in [0.25, 0.3) is 11.7 Å². The number of amides is 1. The van der Waals surface area contributed by atoms with Gasteiger partial charge in [-0.25, -0.2) is 9.78 Å². The van der Waals surface area contributed by atoms with Crippen molar-refractivity contribution in [1.29, 1.82) is 0 Å². The van der Waals surface area contributed by atoms with Crippen LogP contribution in [0.25, 0.3) is 5.76 Å². The Kier molecular flexibility index (Phi) is 8.47. The molecule has 0 spiro atoms. The van der Waals surface area contributed by atoms with Crippen LogP contribution in [0.4, 0.5) is 0 Å². The van der Waals surface area contributed by atoms with Gasteiger partial charge in [-0.1, -0.05) is 36.4 Å². The van der Waals surface area contributed by atoms with Gasteiger partial charge in [0.2, 0.25) is 0 Å². The summed E-state index contributed by atoms with van der Waals surface area (Å²) in [6, 6.07) is 20.4. The van der Waals surface area contributed by atoms with Gasteiger partial charge < -0.3 is 24.0 Å². The first kappa shape index (κ1) is 28.4. The number of carbonyl (C=O) groups is 3. The number of likely N-dealkylation sites (tertiary alicyclic amines) is 1. The van der Waals surface area contributed by atoms with Crippen LogP contribution in [0.2, 0.25) is 0 Å². The molecule has 42 heavy (non-hydrogen) atoms. The van der Waals surface area contributed by atoms with Crippen molar-refractivity contribution < 1.29 is 29.0 Å². The van der Waals surface area contributed by atoms with Crippen LogP contribution in [0.1, 0.15) is 45.1 Å². The van der Waals surface area contributed by atoms with Gasteiger partial charge >= 0.3 is 5.97 Å². The van der Waals surface area contributed by atoms with Crippen LogP contribution in [-0.2, 0) is 27.5 Å². The molecule has 0 radical (unpaired) electrons. The number of ketones is 1. The summed E-state index contributed by atoms with van der Waals surface area (Å²) in [6.07, 6.45) is 5.75. The molecule has 1 saturated heterocycles. The van der Waals surface area contributed by atoms with Crippen molar-refractivity contribution in [1.82, 2.24) is 14.5 Å². The highest BCUT2D eigenvalue weighted by molar-refractivity contribution is 6.46. The van der Waals surface area contributed by atoms with Crippen molar-refractivity contribution in [2.75, 3.05) is 13.7 Å². The van der Waals surface area contributed by atoms with E-state index in [0.29, 0.717) is 42.0 Å². The molecule has 1 aliphatic heterocycles. The van der Waals surface area contributed by atoms with Crippen molar-refractivity contribution in [3.05, 3.63) is 125 Å². The number of nitrogens with zero attached hydrogens (tertiary/aromatic N) is 3. The van der Waals surface area contributed by atoms with Crippen LogP contribution in [0.5, 0.6) is 5.75 Å². The Labute approximate surface area is 243 Å². The van der Waals surface area contributed by atoms with E-state index in [1.54, 1.807) is 61.1 Å². The number of hydrogen-bond acceptors (Lipinski definition) is 7.